The van der Waals surface area contributed by atoms with E-state index in [1.165, 1.54) is 6.42 Å². The molecule has 1 heterocycles. The van der Waals surface area contributed by atoms with Gasteiger partial charge in [0.15, 0.2) is 0 Å². The molecule has 0 aliphatic heterocycles. The Bertz CT molecular complexity index is 328. The molecule has 0 aliphatic rings. The van der Waals surface area contributed by atoms with Crippen LogP contribution in [0.1, 0.15) is 25.5 Å². The first-order chi connectivity index (χ1) is 6.77. The Balaban J connectivity index is 2.70. The molecular weight excluding hydrogens is 174 g/mol. The Morgan fingerprint density at radius 2 is 2.29 bits per heavy atom. The van der Waals surface area contributed by atoms with Gasteiger partial charge in [-0.05, 0) is 18.6 Å². The zero-order valence-corrected chi connectivity index (χ0v) is 8.70. The maximum Gasteiger partial charge on any atom is 0.142 e. The van der Waals surface area contributed by atoms with Crippen LogP contribution in [0.2, 0.25) is 0 Å². The molecule has 0 aromatic carbocycles. The minimum absolute atomic E-state index is 0.478. The highest BCUT2D eigenvalue weighted by Gasteiger charge is 2.01. The highest BCUT2D eigenvalue weighted by molar-refractivity contribution is 5.40. The number of rotatable bonds is 4. The zero-order valence-electron chi connectivity index (χ0n) is 8.70. The molecule has 0 unspecified atom stereocenters. The summed E-state index contributed by atoms with van der Waals surface area (Å²) in [6.07, 6.45) is 2.32. The first-order valence-electron chi connectivity index (χ1n) is 4.86. The van der Waals surface area contributed by atoms with Crippen molar-refractivity contribution < 1.29 is 0 Å². The molecule has 0 saturated heterocycles. The van der Waals surface area contributed by atoms with Gasteiger partial charge in [-0.15, -0.1) is 0 Å². The molecule has 0 fully saturated rings. The van der Waals surface area contributed by atoms with E-state index in [0.29, 0.717) is 5.69 Å². The molecule has 0 saturated carbocycles. The maximum atomic E-state index is 8.69. The first kappa shape index (κ1) is 10.5. The van der Waals surface area contributed by atoms with Crippen LogP contribution in [0.4, 0.5) is 5.82 Å². The Labute approximate surface area is 85.0 Å². The van der Waals surface area contributed by atoms with E-state index < -0.39 is 0 Å². The lowest BCUT2D eigenvalue weighted by molar-refractivity contribution is 0.759. The van der Waals surface area contributed by atoms with Crippen molar-refractivity contribution in [3.8, 4) is 6.07 Å². The maximum absolute atomic E-state index is 8.69. The second-order valence-electron chi connectivity index (χ2n) is 3.27. The summed E-state index contributed by atoms with van der Waals surface area (Å²) in [5, 5.41) is 8.69. The lowest BCUT2D eigenvalue weighted by Crippen LogP contribution is -2.19. The second kappa shape index (κ2) is 5.23. The van der Waals surface area contributed by atoms with Crippen molar-refractivity contribution in [2.45, 2.75) is 19.8 Å². The van der Waals surface area contributed by atoms with Crippen LogP contribution in [-0.4, -0.2) is 18.6 Å². The summed E-state index contributed by atoms with van der Waals surface area (Å²) in [6, 6.07) is 7.55. The van der Waals surface area contributed by atoms with Gasteiger partial charge < -0.3 is 4.90 Å². The standard InChI is InChI=1S/C11H15N3/c1-3-4-8-14(2)11-7-5-6-10(9-12)13-11/h5-7H,3-4,8H2,1-2H3. The van der Waals surface area contributed by atoms with Gasteiger partial charge in [-0.3, -0.25) is 0 Å². The van der Waals surface area contributed by atoms with E-state index in [0.717, 1.165) is 18.8 Å². The molecule has 1 rings (SSSR count). The second-order valence-corrected chi connectivity index (χ2v) is 3.27. The number of nitrogens with zero attached hydrogens (tertiary/aromatic N) is 3. The number of anilines is 1. The van der Waals surface area contributed by atoms with Gasteiger partial charge in [0.2, 0.25) is 0 Å². The van der Waals surface area contributed by atoms with Gasteiger partial charge in [-0.1, -0.05) is 19.4 Å². The summed E-state index contributed by atoms with van der Waals surface area (Å²) in [5.41, 5.74) is 0.478. The SMILES string of the molecule is CCCCN(C)c1cccc(C#N)n1. The predicted octanol–water partition coefficient (Wildman–Crippen LogP) is 2.19. The highest BCUT2D eigenvalue weighted by atomic mass is 15.2. The largest absolute Gasteiger partial charge is 0.360 e. The van der Waals surface area contributed by atoms with E-state index in [2.05, 4.69) is 16.8 Å². The van der Waals surface area contributed by atoms with Gasteiger partial charge in [-0.25, -0.2) is 4.98 Å². The third kappa shape index (κ3) is 2.74. The van der Waals surface area contributed by atoms with Crippen molar-refractivity contribution in [2.24, 2.45) is 0 Å². The fraction of sp³-hybridized carbons (Fsp3) is 0.455. The van der Waals surface area contributed by atoms with Gasteiger partial charge in [-0.2, -0.15) is 5.26 Å². The molecule has 1 aromatic rings. The Hall–Kier alpha value is -1.56. The van der Waals surface area contributed by atoms with Crippen LogP contribution in [0.3, 0.4) is 0 Å². The van der Waals surface area contributed by atoms with Crippen molar-refractivity contribution in [3.05, 3.63) is 23.9 Å². The number of hydrogen-bond acceptors (Lipinski definition) is 3. The smallest absolute Gasteiger partial charge is 0.142 e. The van der Waals surface area contributed by atoms with Crippen molar-refractivity contribution >= 4 is 5.82 Å². The van der Waals surface area contributed by atoms with Crippen molar-refractivity contribution in [1.82, 2.24) is 4.98 Å². The number of pyridine rings is 1. The third-order valence-electron chi connectivity index (χ3n) is 2.09. The molecule has 0 radical (unpaired) electrons. The van der Waals surface area contributed by atoms with E-state index in [-0.39, 0.29) is 0 Å². The minimum Gasteiger partial charge on any atom is -0.360 e. The first-order valence-corrected chi connectivity index (χ1v) is 4.86. The molecule has 14 heavy (non-hydrogen) atoms. The van der Waals surface area contributed by atoms with Crippen LogP contribution in [-0.2, 0) is 0 Å². The van der Waals surface area contributed by atoms with Gasteiger partial charge >= 0.3 is 0 Å². The zero-order chi connectivity index (χ0) is 10.4. The molecular formula is C11H15N3. The van der Waals surface area contributed by atoms with E-state index in [4.69, 9.17) is 5.26 Å². The van der Waals surface area contributed by atoms with Gasteiger partial charge in [0.25, 0.3) is 0 Å². The molecule has 1 aromatic heterocycles. The van der Waals surface area contributed by atoms with Crippen molar-refractivity contribution in [2.75, 3.05) is 18.5 Å². The quantitative estimate of drug-likeness (QED) is 0.729. The van der Waals surface area contributed by atoms with E-state index >= 15 is 0 Å². The van der Waals surface area contributed by atoms with Gasteiger partial charge in [0.05, 0.1) is 0 Å². The Morgan fingerprint density at radius 1 is 1.50 bits per heavy atom. The number of unbranched alkanes of at least 4 members (excludes halogenated alkanes) is 1. The Morgan fingerprint density at radius 3 is 2.93 bits per heavy atom. The lowest BCUT2D eigenvalue weighted by atomic mass is 10.3. The highest BCUT2D eigenvalue weighted by Crippen LogP contribution is 2.09. The molecule has 3 heteroatoms. The van der Waals surface area contributed by atoms with Crippen molar-refractivity contribution in [3.63, 3.8) is 0 Å². The van der Waals surface area contributed by atoms with Crippen molar-refractivity contribution in [1.29, 1.82) is 5.26 Å². The molecule has 0 bridgehead atoms. The predicted molar refractivity (Wildman–Crippen MR) is 57.1 cm³/mol. The summed E-state index contributed by atoms with van der Waals surface area (Å²) >= 11 is 0. The molecule has 0 N–H and O–H groups in total. The molecule has 0 amide bonds. The molecule has 0 spiro atoms. The number of hydrogen-bond donors (Lipinski definition) is 0. The fourth-order valence-electron chi connectivity index (χ4n) is 1.21. The van der Waals surface area contributed by atoms with Crippen LogP contribution in [0.25, 0.3) is 0 Å². The Kier molecular flexibility index (Phi) is 3.93. The van der Waals surface area contributed by atoms with Crippen LogP contribution in [0, 0.1) is 11.3 Å². The summed E-state index contributed by atoms with van der Waals surface area (Å²) in [6.45, 7) is 3.14. The lowest BCUT2D eigenvalue weighted by Gasteiger charge is -2.17. The number of nitriles is 1. The average molecular weight is 189 g/mol. The van der Waals surface area contributed by atoms with Gasteiger partial charge in [0, 0.05) is 13.6 Å². The van der Waals surface area contributed by atoms with Crippen LogP contribution < -0.4 is 4.90 Å². The van der Waals surface area contributed by atoms with Crippen LogP contribution in [0.5, 0.6) is 0 Å². The topological polar surface area (TPSA) is 39.9 Å². The summed E-state index contributed by atoms with van der Waals surface area (Å²) in [5.74, 6) is 0.873. The fourth-order valence-corrected chi connectivity index (χ4v) is 1.21. The van der Waals surface area contributed by atoms with E-state index in [1.807, 2.05) is 25.2 Å². The third-order valence-corrected chi connectivity index (χ3v) is 2.09. The molecule has 74 valence electrons. The summed E-state index contributed by atoms with van der Waals surface area (Å²) in [4.78, 5) is 6.28. The molecule has 3 nitrogen and oxygen atoms in total. The van der Waals surface area contributed by atoms with Gasteiger partial charge in [0.1, 0.15) is 17.6 Å². The van der Waals surface area contributed by atoms with E-state index in [1.54, 1.807) is 6.07 Å². The number of aromatic nitrogens is 1. The van der Waals surface area contributed by atoms with Crippen LogP contribution >= 0.6 is 0 Å². The normalized spacial score (nSPS) is 9.50. The minimum atomic E-state index is 0.478. The average Bonchev–Trinajstić information content (AvgIpc) is 2.26. The van der Waals surface area contributed by atoms with E-state index in [9.17, 15) is 0 Å². The molecule has 0 atom stereocenters. The van der Waals surface area contributed by atoms with Crippen LogP contribution in [0.15, 0.2) is 18.2 Å². The summed E-state index contributed by atoms with van der Waals surface area (Å²) < 4.78 is 0. The summed E-state index contributed by atoms with van der Waals surface area (Å²) in [7, 11) is 2.00. The molecule has 0 aliphatic carbocycles. The monoisotopic (exact) mass is 189 g/mol.